The quantitative estimate of drug-likeness (QED) is 0.702. The third-order valence-electron chi connectivity index (χ3n) is 3.04. The smallest absolute Gasteiger partial charge is 0.337 e. The maximum Gasteiger partial charge on any atom is 0.337 e. The van der Waals surface area contributed by atoms with Gasteiger partial charge in [0.25, 0.3) is 0 Å². The lowest BCUT2D eigenvalue weighted by Gasteiger charge is -2.32. The summed E-state index contributed by atoms with van der Waals surface area (Å²) in [6.07, 6.45) is 0. The van der Waals surface area contributed by atoms with Gasteiger partial charge in [0.1, 0.15) is 0 Å². The van der Waals surface area contributed by atoms with Crippen LogP contribution in [0.1, 0.15) is 17.3 Å². The predicted molar refractivity (Wildman–Crippen MR) is 78.4 cm³/mol. The highest BCUT2D eigenvalue weighted by Crippen LogP contribution is 2.25. The molecule has 6 nitrogen and oxygen atoms in total. The lowest BCUT2D eigenvalue weighted by atomic mass is 10.1. The molecule has 3 N–H and O–H groups in total. The number of benzene rings is 1. The van der Waals surface area contributed by atoms with Gasteiger partial charge in [-0.2, -0.15) is 0 Å². The molecule has 112 valence electrons. The van der Waals surface area contributed by atoms with E-state index in [0.29, 0.717) is 31.1 Å². The van der Waals surface area contributed by atoms with Gasteiger partial charge in [-0.25, -0.2) is 4.79 Å². The van der Waals surface area contributed by atoms with Crippen molar-refractivity contribution in [2.45, 2.75) is 13.0 Å². The molecule has 0 saturated heterocycles. The van der Waals surface area contributed by atoms with Crippen molar-refractivity contribution in [3.8, 4) is 0 Å². The van der Waals surface area contributed by atoms with Crippen LogP contribution in [0.5, 0.6) is 0 Å². The molecule has 0 amide bonds. The van der Waals surface area contributed by atoms with Crippen molar-refractivity contribution in [3.05, 3.63) is 23.8 Å². The van der Waals surface area contributed by atoms with Gasteiger partial charge >= 0.3 is 5.97 Å². The van der Waals surface area contributed by atoms with Gasteiger partial charge in [0.15, 0.2) is 0 Å². The van der Waals surface area contributed by atoms with Gasteiger partial charge < -0.3 is 25.2 Å². The molecule has 20 heavy (non-hydrogen) atoms. The standard InChI is InChI=1S/C14H22N2O4/c1-10(9-20-3)16(6-7-19-2)13-5-4-11(15)8-12(13)14(17)18/h4-5,8,10H,6-7,9,15H2,1-3H3,(H,17,18). The molecule has 0 fully saturated rings. The highest BCUT2D eigenvalue weighted by atomic mass is 16.5. The molecule has 0 heterocycles. The largest absolute Gasteiger partial charge is 0.478 e. The van der Waals surface area contributed by atoms with Crippen LogP contribution in [0.3, 0.4) is 0 Å². The highest BCUT2D eigenvalue weighted by molar-refractivity contribution is 5.95. The van der Waals surface area contributed by atoms with Crippen LogP contribution in [-0.4, -0.2) is 51.1 Å². The zero-order chi connectivity index (χ0) is 15.1. The first-order chi connectivity index (χ1) is 9.51. The Kier molecular flexibility index (Phi) is 6.27. The van der Waals surface area contributed by atoms with Crippen molar-refractivity contribution < 1.29 is 19.4 Å². The Morgan fingerprint density at radius 1 is 1.40 bits per heavy atom. The Labute approximate surface area is 119 Å². The topological polar surface area (TPSA) is 85.0 Å². The zero-order valence-corrected chi connectivity index (χ0v) is 12.1. The fraction of sp³-hybridized carbons (Fsp3) is 0.500. The Morgan fingerprint density at radius 2 is 2.10 bits per heavy atom. The second-order valence-corrected chi connectivity index (χ2v) is 4.57. The molecule has 1 aromatic rings. The summed E-state index contributed by atoms with van der Waals surface area (Å²) in [7, 11) is 3.23. The van der Waals surface area contributed by atoms with Gasteiger partial charge in [-0.05, 0) is 25.1 Å². The number of carbonyl (C=O) groups is 1. The van der Waals surface area contributed by atoms with E-state index in [0.717, 1.165) is 0 Å². The molecule has 1 aromatic carbocycles. The van der Waals surface area contributed by atoms with Gasteiger partial charge in [0.2, 0.25) is 0 Å². The summed E-state index contributed by atoms with van der Waals surface area (Å²) < 4.78 is 10.2. The van der Waals surface area contributed by atoms with Gasteiger partial charge in [0, 0.05) is 32.5 Å². The molecule has 1 rings (SSSR count). The zero-order valence-electron chi connectivity index (χ0n) is 12.1. The van der Waals surface area contributed by atoms with E-state index in [1.54, 1.807) is 26.4 Å². The van der Waals surface area contributed by atoms with Crippen LogP contribution in [0.25, 0.3) is 0 Å². The number of nitrogen functional groups attached to an aromatic ring is 1. The van der Waals surface area contributed by atoms with Crippen molar-refractivity contribution in [1.29, 1.82) is 0 Å². The molecule has 0 saturated carbocycles. The van der Waals surface area contributed by atoms with Crippen LogP contribution in [0.2, 0.25) is 0 Å². The third kappa shape index (κ3) is 4.11. The Hall–Kier alpha value is -1.79. The first kappa shape index (κ1) is 16.3. The van der Waals surface area contributed by atoms with Gasteiger partial charge in [-0.15, -0.1) is 0 Å². The van der Waals surface area contributed by atoms with Crippen molar-refractivity contribution in [2.75, 3.05) is 44.6 Å². The van der Waals surface area contributed by atoms with Gasteiger partial charge in [-0.3, -0.25) is 0 Å². The molecule has 0 spiro atoms. The fourth-order valence-corrected chi connectivity index (χ4v) is 2.07. The lowest BCUT2D eigenvalue weighted by molar-refractivity contribution is 0.0697. The summed E-state index contributed by atoms with van der Waals surface area (Å²) in [5.41, 5.74) is 6.90. The Bertz CT molecular complexity index is 451. The number of hydrogen-bond donors (Lipinski definition) is 2. The van der Waals surface area contributed by atoms with Crippen molar-refractivity contribution in [3.63, 3.8) is 0 Å². The number of anilines is 2. The number of ether oxygens (including phenoxy) is 2. The molecule has 0 aromatic heterocycles. The van der Waals surface area contributed by atoms with E-state index in [1.807, 2.05) is 11.8 Å². The minimum Gasteiger partial charge on any atom is -0.478 e. The second kappa shape index (κ2) is 7.72. The van der Waals surface area contributed by atoms with Crippen molar-refractivity contribution in [2.24, 2.45) is 0 Å². The first-order valence-electron chi connectivity index (χ1n) is 6.38. The minimum atomic E-state index is -1.00. The summed E-state index contributed by atoms with van der Waals surface area (Å²) in [6, 6.07) is 4.91. The van der Waals surface area contributed by atoms with Gasteiger partial charge in [0.05, 0.1) is 24.5 Å². The van der Waals surface area contributed by atoms with Crippen molar-refractivity contribution in [1.82, 2.24) is 0 Å². The summed E-state index contributed by atoms with van der Waals surface area (Å²) in [6.45, 7) is 3.54. The molecule has 1 unspecified atom stereocenters. The van der Waals surface area contributed by atoms with E-state index >= 15 is 0 Å². The number of carboxylic acids is 1. The van der Waals surface area contributed by atoms with Gasteiger partial charge in [-0.1, -0.05) is 0 Å². The van der Waals surface area contributed by atoms with Crippen LogP contribution >= 0.6 is 0 Å². The predicted octanol–water partition coefficient (Wildman–Crippen LogP) is 1.45. The van der Waals surface area contributed by atoms with E-state index in [4.69, 9.17) is 15.2 Å². The van der Waals surface area contributed by atoms with Crippen molar-refractivity contribution >= 4 is 17.3 Å². The minimum absolute atomic E-state index is 0.0249. The second-order valence-electron chi connectivity index (χ2n) is 4.57. The van der Waals surface area contributed by atoms with Crippen LogP contribution in [-0.2, 0) is 9.47 Å². The number of methoxy groups -OCH3 is 2. The monoisotopic (exact) mass is 282 g/mol. The number of hydrogen-bond acceptors (Lipinski definition) is 5. The average Bonchev–Trinajstić information content (AvgIpc) is 2.40. The van der Waals surface area contributed by atoms with Crippen LogP contribution < -0.4 is 10.6 Å². The van der Waals surface area contributed by atoms with E-state index in [2.05, 4.69) is 0 Å². The summed E-state index contributed by atoms with van der Waals surface area (Å²) in [4.78, 5) is 13.3. The normalized spacial score (nSPS) is 12.2. The molecule has 0 aliphatic carbocycles. The molecular weight excluding hydrogens is 260 g/mol. The van der Waals surface area contributed by atoms with Crippen LogP contribution in [0, 0.1) is 0 Å². The molecule has 0 bridgehead atoms. The van der Waals surface area contributed by atoms with Crippen LogP contribution in [0.4, 0.5) is 11.4 Å². The maximum absolute atomic E-state index is 11.4. The first-order valence-corrected chi connectivity index (χ1v) is 6.38. The number of aromatic carboxylic acids is 1. The molecule has 6 heteroatoms. The van der Waals surface area contributed by atoms with E-state index < -0.39 is 5.97 Å². The number of rotatable bonds is 8. The fourth-order valence-electron chi connectivity index (χ4n) is 2.07. The van der Waals surface area contributed by atoms with E-state index in [9.17, 15) is 9.90 Å². The van der Waals surface area contributed by atoms with E-state index in [-0.39, 0.29) is 11.6 Å². The van der Waals surface area contributed by atoms with Crippen LogP contribution in [0.15, 0.2) is 18.2 Å². The molecule has 0 radical (unpaired) electrons. The third-order valence-corrected chi connectivity index (χ3v) is 3.04. The number of nitrogens with two attached hydrogens (primary N) is 1. The van der Waals surface area contributed by atoms with E-state index in [1.165, 1.54) is 6.07 Å². The summed E-state index contributed by atoms with van der Waals surface area (Å²) in [5.74, 6) is -1.00. The molecule has 0 aliphatic rings. The average molecular weight is 282 g/mol. The summed E-state index contributed by atoms with van der Waals surface area (Å²) >= 11 is 0. The maximum atomic E-state index is 11.4. The number of nitrogens with zero attached hydrogens (tertiary/aromatic N) is 1. The lowest BCUT2D eigenvalue weighted by Crippen LogP contribution is -2.39. The molecular formula is C14H22N2O4. The Morgan fingerprint density at radius 3 is 2.65 bits per heavy atom. The Balaban J connectivity index is 3.14. The summed E-state index contributed by atoms with van der Waals surface area (Å²) in [5, 5.41) is 9.33. The molecule has 0 aliphatic heterocycles. The SMILES string of the molecule is COCCN(c1ccc(N)cc1C(=O)O)C(C)COC. The number of carboxylic acid groups (broad SMARTS) is 1. The molecule has 1 atom stereocenters. The highest BCUT2D eigenvalue weighted by Gasteiger charge is 2.20.